The summed E-state index contributed by atoms with van der Waals surface area (Å²) in [6.45, 7) is 4.06. The Morgan fingerprint density at radius 2 is 2.10 bits per heavy atom. The second kappa shape index (κ2) is 5.58. The van der Waals surface area contributed by atoms with E-state index in [-0.39, 0.29) is 5.82 Å². The van der Waals surface area contributed by atoms with Gasteiger partial charge >= 0.3 is 0 Å². The summed E-state index contributed by atoms with van der Waals surface area (Å²) < 4.78 is 12.9. The molecule has 0 spiro atoms. The predicted molar refractivity (Wildman–Crippen MR) is 76.0 cm³/mol. The van der Waals surface area contributed by atoms with Gasteiger partial charge in [0, 0.05) is 11.6 Å². The molecule has 3 rings (SSSR count). The van der Waals surface area contributed by atoms with E-state index in [0.717, 1.165) is 43.0 Å². The zero-order chi connectivity index (χ0) is 13.9. The summed E-state index contributed by atoms with van der Waals surface area (Å²) in [5.74, 6) is 0.525. The summed E-state index contributed by atoms with van der Waals surface area (Å²) in [7, 11) is 0. The van der Waals surface area contributed by atoms with Gasteiger partial charge in [-0.3, -0.25) is 10.1 Å². The van der Waals surface area contributed by atoms with Gasteiger partial charge in [-0.2, -0.15) is 5.10 Å². The topological polar surface area (TPSA) is 65.6 Å². The molecule has 3 heterocycles. The Morgan fingerprint density at radius 3 is 2.80 bits per heavy atom. The highest BCUT2D eigenvalue weighted by molar-refractivity contribution is 5.65. The molecular formula is C14H18FN5. The van der Waals surface area contributed by atoms with E-state index in [1.54, 1.807) is 6.07 Å². The van der Waals surface area contributed by atoms with Crippen molar-refractivity contribution in [2.24, 2.45) is 0 Å². The number of piperidine rings is 1. The molecule has 106 valence electrons. The average Bonchev–Trinajstić information content (AvgIpc) is 2.83. The van der Waals surface area contributed by atoms with Gasteiger partial charge in [-0.1, -0.05) is 0 Å². The third kappa shape index (κ3) is 2.65. The maximum Gasteiger partial charge on any atom is 0.151 e. The van der Waals surface area contributed by atoms with E-state index in [1.807, 2.05) is 6.92 Å². The molecule has 2 aromatic rings. The molecule has 0 aliphatic carbocycles. The first-order valence-electron chi connectivity index (χ1n) is 6.88. The van der Waals surface area contributed by atoms with E-state index in [4.69, 9.17) is 0 Å². The van der Waals surface area contributed by atoms with Crippen LogP contribution >= 0.6 is 0 Å². The molecule has 1 saturated heterocycles. The van der Waals surface area contributed by atoms with Crippen molar-refractivity contribution in [2.75, 3.05) is 18.4 Å². The first kappa shape index (κ1) is 13.1. The number of pyridine rings is 1. The summed E-state index contributed by atoms with van der Waals surface area (Å²) in [4.78, 5) is 4.09. The molecule has 0 bridgehead atoms. The molecule has 1 aliphatic heterocycles. The van der Waals surface area contributed by atoms with Gasteiger partial charge in [0.2, 0.25) is 0 Å². The number of halogens is 1. The molecule has 20 heavy (non-hydrogen) atoms. The minimum Gasteiger partial charge on any atom is -0.366 e. The zero-order valence-corrected chi connectivity index (χ0v) is 11.4. The summed E-state index contributed by atoms with van der Waals surface area (Å²) in [6, 6.07) is 3.51. The molecule has 0 radical (unpaired) electrons. The van der Waals surface area contributed by atoms with Crippen LogP contribution in [0.15, 0.2) is 18.3 Å². The maximum atomic E-state index is 12.9. The van der Waals surface area contributed by atoms with Crippen molar-refractivity contribution in [3.8, 4) is 11.4 Å². The monoisotopic (exact) mass is 275 g/mol. The van der Waals surface area contributed by atoms with E-state index < -0.39 is 0 Å². The fourth-order valence-corrected chi connectivity index (χ4v) is 2.47. The molecule has 1 aliphatic rings. The van der Waals surface area contributed by atoms with Gasteiger partial charge in [-0.25, -0.2) is 4.39 Å². The number of rotatable bonds is 3. The Hall–Kier alpha value is -1.95. The van der Waals surface area contributed by atoms with Crippen molar-refractivity contribution in [3.05, 3.63) is 29.7 Å². The standard InChI is InChI=1S/C14H18FN5/c1-9-13(12-3-2-10(15)8-17-12)19-20-14(9)18-11-4-6-16-7-5-11/h2-3,8,11,16H,4-7H2,1H3,(H2,18,19,20). The fraction of sp³-hybridized carbons (Fsp3) is 0.429. The van der Waals surface area contributed by atoms with Crippen LogP contribution in [0, 0.1) is 12.7 Å². The van der Waals surface area contributed by atoms with Gasteiger partial charge < -0.3 is 10.6 Å². The largest absolute Gasteiger partial charge is 0.366 e. The van der Waals surface area contributed by atoms with Gasteiger partial charge in [-0.15, -0.1) is 0 Å². The molecule has 1 fully saturated rings. The van der Waals surface area contributed by atoms with Crippen LogP contribution in [-0.2, 0) is 0 Å². The number of nitrogens with zero attached hydrogens (tertiary/aromatic N) is 2. The van der Waals surface area contributed by atoms with Crippen LogP contribution in [-0.4, -0.2) is 34.3 Å². The zero-order valence-electron chi connectivity index (χ0n) is 11.4. The van der Waals surface area contributed by atoms with Crippen molar-refractivity contribution in [2.45, 2.75) is 25.8 Å². The normalized spacial score (nSPS) is 16.3. The van der Waals surface area contributed by atoms with Crippen LogP contribution in [0.4, 0.5) is 10.2 Å². The second-order valence-corrected chi connectivity index (χ2v) is 5.10. The number of hydrogen-bond acceptors (Lipinski definition) is 4. The number of aromatic nitrogens is 3. The van der Waals surface area contributed by atoms with Gasteiger partial charge in [0.1, 0.15) is 5.82 Å². The van der Waals surface area contributed by atoms with Gasteiger partial charge in [0.05, 0.1) is 17.6 Å². The molecule has 0 unspecified atom stereocenters. The van der Waals surface area contributed by atoms with E-state index in [0.29, 0.717) is 11.7 Å². The smallest absolute Gasteiger partial charge is 0.151 e. The number of aromatic amines is 1. The van der Waals surface area contributed by atoms with Crippen LogP contribution in [0.25, 0.3) is 11.4 Å². The highest BCUT2D eigenvalue weighted by Gasteiger charge is 2.17. The first-order chi connectivity index (χ1) is 9.74. The molecule has 6 heteroatoms. The predicted octanol–water partition coefficient (Wildman–Crippen LogP) is 2.08. The van der Waals surface area contributed by atoms with Crippen LogP contribution in [0.3, 0.4) is 0 Å². The van der Waals surface area contributed by atoms with Crippen molar-refractivity contribution in [3.63, 3.8) is 0 Å². The van der Waals surface area contributed by atoms with Crippen molar-refractivity contribution < 1.29 is 4.39 Å². The summed E-state index contributed by atoms with van der Waals surface area (Å²) in [6.07, 6.45) is 3.41. The molecule has 3 N–H and O–H groups in total. The number of hydrogen-bond donors (Lipinski definition) is 3. The fourth-order valence-electron chi connectivity index (χ4n) is 2.47. The summed E-state index contributed by atoms with van der Waals surface area (Å²) in [5.41, 5.74) is 2.55. The second-order valence-electron chi connectivity index (χ2n) is 5.10. The van der Waals surface area contributed by atoms with Crippen molar-refractivity contribution in [1.82, 2.24) is 20.5 Å². The number of nitrogens with one attached hydrogen (secondary N) is 3. The minimum absolute atomic E-state index is 0.334. The van der Waals surface area contributed by atoms with Gasteiger partial charge in [-0.05, 0) is 45.0 Å². The van der Waals surface area contributed by atoms with Gasteiger partial charge in [0.25, 0.3) is 0 Å². The van der Waals surface area contributed by atoms with Crippen LogP contribution in [0.5, 0.6) is 0 Å². The van der Waals surface area contributed by atoms with E-state index in [9.17, 15) is 4.39 Å². The number of anilines is 1. The highest BCUT2D eigenvalue weighted by atomic mass is 19.1. The molecule has 2 aromatic heterocycles. The van der Waals surface area contributed by atoms with E-state index in [2.05, 4.69) is 25.8 Å². The van der Waals surface area contributed by atoms with Gasteiger partial charge in [0.15, 0.2) is 5.82 Å². The third-order valence-electron chi connectivity index (χ3n) is 3.67. The summed E-state index contributed by atoms with van der Waals surface area (Å²) >= 11 is 0. The number of H-pyrrole nitrogens is 1. The first-order valence-corrected chi connectivity index (χ1v) is 6.88. The summed E-state index contributed by atoms with van der Waals surface area (Å²) in [5, 5.41) is 14.1. The molecule has 0 atom stereocenters. The van der Waals surface area contributed by atoms with Crippen LogP contribution in [0.1, 0.15) is 18.4 Å². The Morgan fingerprint density at radius 1 is 1.30 bits per heavy atom. The average molecular weight is 275 g/mol. The third-order valence-corrected chi connectivity index (χ3v) is 3.67. The van der Waals surface area contributed by atoms with Crippen LogP contribution < -0.4 is 10.6 Å². The van der Waals surface area contributed by atoms with E-state index >= 15 is 0 Å². The van der Waals surface area contributed by atoms with E-state index in [1.165, 1.54) is 12.3 Å². The molecule has 0 saturated carbocycles. The quantitative estimate of drug-likeness (QED) is 0.802. The van der Waals surface area contributed by atoms with Crippen molar-refractivity contribution in [1.29, 1.82) is 0 Å². The van der Waals surface area contributed by atoms with Crippen LogP contribution in [0.2, 0.25) is 0 Å². The minimum atomic E-state index is -0.334. The Bertz CT molecular complexity index is 572. The lowest BCUT2D eigenvalue weighted by atomic mass is 10.1. The Balaban J connectivity index is 1.79. The SMILES string of the molecule is Cc1c(NC2CCNCC2)n[nH]c1-c1ccc(F)cn1. The lowest BCUT2D eigenvalue weighted by Crippen LogP contribution is -2.35. The highest BCUT2D eigenvalue weighted by Crippen LogP contribution is 2.25. The Labute approximate surface area is 117 Å². The van der Waals surface area contributed by atoms with Crippen molar-refractivity contribution >= 4 is 5.82 Å². The Kier molecular flexibility index (Phi) is 3.64. The molecule has 0 amide bonds. The molecule has 5 nitrogen and oxygen atoms in total. The maximum absolute atomic E-state index is 12.9. The lowest BCUT2D eigenvalue weighted by molar-refractivity contribution is 0.478. The lowest BCUT2D eigenvalue weighted by Gasteiger charge is -2.23. The molecular weight excluding hydrogens is 257 g/mol. The molecule has 0 aromatic carbocycles.